The molecule has 0 aliphatic carbocycles. The second kappa shape index (κ2) is 10.7. The zero-order valence-corrected chi connectivity index (χ0v) is 21.6. The molecule has 0 spiro atoms. The molecule has 2 aliphatic rings. The van der Waals surface area contributed by atoms with E-state index in [0.29, 0.717) is 34.3 Å². The van der Waals surface area contributed by atoms with Crippen molar-refractivity contribution >= 4 is 51.9 Å². The van der Waals surface area contributed by atoms with Crippen molar-refractivity contribution in [2.24, 2.45) is 0 Å². The predicted octanol–water partition coefficient (Wildman–Crippen LogP) is 3.88. The molecular formula is C28H29ClN6O2. The Kier molecular flexibility index (Phi) is 7.23. The van der Waals surface area contributed by atoms with E-state index in [4.69, 9.17) is 11.6 Å². The van der Waals surface area contributed by atoms with Crippen molar-refractivity contribution in [1.82, 2.24) is 14.8 Å². The van der Waals surface area contributed by atoms with E-state index in [9.17, 15) is 9.59 Å². The fourth-order valence-corrected chi connectivity index (χ4v) is 4.72. The Balaban J connectivity index is 1.43. The van der Waals surface area contributed by atoms with Gasteiger partial charge in [0.25, 0.3) is 5.91 Å². The molecule has 3 aromatic rings. The Morgan fingerprint density at radius 3 is 2.59 bits per heavy atom. The van der Waals surface area contributed by atoms with Gasteiger partial charge in [-0.05, 0) is 30.8 Å². The first-order valence-electron chi connectivity index (χ1n) is 12.2. The first kappa shape index (κ1) is 25.0. The largest absolute Gasteiger partial charge is 0.339 e. The second-order valence-corrected chi connectivity index (χ2v) is 9.75. The van der Waals surface area contributed by atoms with Gasteiger partial charge in [0.05, 0.1) is 23.5 Å². The van der Waals surface area contributed by atoms with Gasteiger partial charge in [0, 0.05) is 61.8 Å². The van der Waals surface area contributed by atoms with Crippen LogP contribution in [0.2, 0.25) is 5.02 Å². The number of likely N-dealkylation sites (N-methyl/N-ethyl adjacent to an activating group) is 2. The average Bonchev–Trinajstić information content (AvgIpc) is 3.23. The highest BCUT2D eigenvalue weighted by Crippen LogP contribution is 2.38. The van der Waals surface area contributed by atoms with E-state index in [1.165, 1.54) is 0 Å². The number of aromatic nitrogens is 1. The monoisotopic (exact) mass is 516 g/mol. The highest BCUT2D eigenvalue weighted by molar-refractivity contribution is 6.38. The fourth-order valence-electron chi connectivity index (χ4n) is 4.55. The predicted molar refractivity (Wildman–Crippen MR) is 149 cm³/mol. The highest BCUT2D eigenvalue weighted by Gasteiger charge is 2.29. The van der Waals surface area contributed by atoms with E-state index in [1.54, 1.807) is 30.3 Å². The molecule has 0 atom stereocenters. The summed E-state index contributed by atoms with van der Waals surface area (Å²) in [5.74, 6) is 0.321. The molecule has 9 heteroatoms. The number of rotatable bonds is 6. The van der Waals surface area contributed by atoms with Gasteiger partial charge in [0.2, 0.25) is 5.91 Å². The number of amides is 2. The van der Waals surface area contributed by atoms with Crippen LogP contribution in [0.25, 0.3) is 11.3 Å². The van der Waals surface area contributed by atoms with Crippen LogP contribution in [-0.2, 0) is 9.59 Å². The Hall–Kier alpha value is -3.72. The number of anilines is 3. The minimum atomic E-state index is -0.223. The van der Waals surface area contributed by atoms with Crippen LogP contribution in [0.4, 0.5) is 17.2 Å². The Morgan fingerprint density at radius 1 is 1.08 bits per heavy atom. The summed E-state index contributed by atoms with van der Waals surface area (Å²) in [5.41, 5.74) is 4.11. The smallest absolute Gasteiger partial charge is 0.258 e. The van der Waals surface area contributed by atoms with Crippen molar-refractivity contribution in [3.8, 4) is 0 Å². The normalized spacial score (nSPS) is 17.2. The van der Waals surface area contributed by atoms with Gasteiger partial charge < -0.3 is 20.4 Å². The maximum atomic E-state index is 13.1. The summed E-state index contributed by atoms with van der Waals surface area (Å²) < 4.78 is 0. The molecular weight excluding hydrogens is 488 g/mol. The van der Waals surface area contributed by atoms with E-state index in [1.807, 2.05) is 48.5 Å². The average molecular weight is 517 g/mol. The number of piperazine rings is 1. The molecule has 2 N–H and O–H groups in total. The molecule has 1 fully saturated rings. The minimum Gasteiger partial charge on any atom is -0.339 e. The summed E-state index contributed by atoms with van der Waals surface area (Å²) in [6, 6.07) is 18.6. The van der Waals surface area contributed by atoms with Crippen LogP contribution in [0.3, 0.4) is 0 Å². The third-order valence-corrected chi connectivity index (χ3v) is 6.99. The molecule has 0 unspecified atom stereocenters. The highest BCUT2D eigenvalue weighted by atomic mass is 35.5. The lowest BCUT2D eigenvalue weighted by Gasteiger charge is -2.32. The number of nitrogens with one attached hydrogen (secondary N) is 2. The second-order valence-electron chi connectivity index (χ2n) is 9.32. The van der Waals surface area contributed by atoms with Gasteiger partial charge in [0.1, 0.15) is 5.82 Å². The quantitative estimate of drug-likeness (QED) is 0.484. The van der Waals surface area contributed by atoms with Crippen molar-refractivity contribution < 1.29 is 9.59 Å². The number of carbonyl (C=O) groups excluding carboxylic acids is 2. The van der Waals surface area contributed by atoms with Crippen LogP contribution in [0.5, 0.6) is 0 Å². The van der Waals surface area contributed by atoms with E-state index in [-0.39, 0.29) is 11.8 Å². The Morgan fingerprint density at radius 2 is 1.84 bits per heavy atom. The fraction of sp³-hybridized carbons (Fsp3) is 0.250. The molecule has 1 aromatic heterocycles. The summed E-state index contributed by atoms with van der Waals surface area (Å²) in [6.07, 6.45) is 1.66. The van der Waals surface area contributed by atoms with Crippen molar-refractivity contribution in [3.05, 3.63) is 83.0 Å². The summed E-state index contributed by atoms with van der Waals surface area (Å²) in [7, 11) is 3.87. The summed E-state index contributed by atoms with van der Waals surface area (Å²) >= 11 is 6.16. The van der Waals surface area contributed by atoms with Crippen LogP contribution < -0.4 is 15.5 Å². The number of carbonyl (C=O) groups is 2. The van der Waals surface area contributed by atoms with Gasteiger partial charge >= 0.3 is 0 Å². The zero-order chi connectivity index (χ0) is 25.9. The number of benzene rings is 2. The molecule has 8 nitrogen and oxygen atoms in total. The maximum absolute atomic E-state index is 13.1. The van der Waals surface area contributed by atoms with Crippen molar-refractivity contribution in [1.29, 1.82) is 0 Å². The Labute approximate surface area is 221 Å². The molecule has 0 saturated carbocycles. The Bertz CT molecular complexity index is 1350. The first-order valence-corrected chi connectivity index (χ1v) is 12.6. The van der Waals surface area contributed by atoms with E-state index in [2.05, 4.69) is 32.5 Å². The molecule has 190 valence electrons. The summed E-state index contributed by atoms with van der Waals surface area (Å²) in [6.45, 7) is 4.04. The van der Waals surface area contributed by atoms with Gasteiger partial charge in [-0.15, -0.1) is 0 Å². The number of halogens is 1. The lowest BCUT2D eigenvalue weighted by atomic mass is 10.0. The third kappa shape index (κ3) is 5.51. The van der Waals surface area contributed by atoms with Gasteiger partial charge in [0.15, 0.2) is 0 Å². The number of fused-ring (bicyclic) bond motifs is 1. The number of hydrogen-bond acceptors (Lipinski definition) is 6. The first-order chi connectivity index (χ1) is 17.9. The third-order valence-electron chi connectivity index (χ3n) is 6.75. The number of hydrogen-bond donors (Lipinski definition) is 2. The standard InChI is InChI=1S/C28H29ClN6O2/c1-33-12-14-35(15-13-33)18-25(36)34(2)21-10-11-30-24(17-21)32-27(19-6-4-3-5-7-19)26-22-9-8-20(29)16-23(22)31-28(26)37/h3-11,16-17H,12-15,18H2,1-2H3,(H,30,32)(H,31,37)/b27-26-. The van der Waals surface area contributed by atoms with Crippen molar-refractivity contribution in [3.63, 3.8) is 0 Å². The lowest BCUT2D eigenvalue weighted by Crippen LogP contribution is -2.48. The molecule has 37 heavy (non-hydrogen) atoms. The van der Waals surface area contributed by atoms with Crippen LogP contribution in [0.1, 0.15) is 11.1 Å². The molecule has 2 amide bonds. The van der Waals surface area contributed by atoms with Crippen molar-refractivity contribution in [2.75, 3.05) is 62.4 Å². The zero-order valence-electron chi connectivity index (χ0n) is 20.9. The molecule has 0 bridgehead atoms. The topological polar surface area (TPSA) is 80.8 Å². The van der Waals surface area contributed by atoms with Gasteiger partial charge in [-0.1, -0.05) is 48.0 Å². The van der Waals surface area contributed by atoms with E-state index < -0.39 is 0 Å². The van der Waals surface area contributed by atoms with E-state index >= 15 is 0 Å². The van der Waals surface area contributed by atoms with Crippen LogP contribution in [-0.4, -0.2) is 73.4 Å². The molecule has 2 aromatic carbocycles. The van der Waals surface area contributed by atoms with Gasteiger partial charge in [-0.25, -0.2) is 4.98 Å². The SMILES string of the molecule is CN1CCN(CC(=O)N(C)c2ccnc(N/C(=C3\C(=O)Nc4cc(Cl)ccc43)c3ccccc3)c2)CC1. The minimum absolute atomic E-state index is 0.0179. The lowest BCUT2D eigenvalue weighted by molar-refractivity contribution is -0.119. The molecule has 0 radical (unpaired) electrons. The van der Waals surface area contributed by atoms with Crippen LogP contribution in [0.15, 0.2) is 66.9 Å². The molecule has 1 saturated heterocycles. The maximum Gasteiger partial charge on any atom is 0.258 e. The number of pyridine rings is 1. The molecule has 3 heterocycles. The van der Waals surface area contributed by atoms with Gasteiger partial charge in [-0.2, -0.15) is 0 Å². The molecule has 2 aliphatic heterocycles. The van der Waals surface area contributed by atoms with Crippen molar-refractivity contribution in [2.45, 2.75) is 0 Å². The van der Waals surface area contributed by atoms with Crippen LogP contribution >= 0.6 is 11.6 Å². The molecule has 5 rings (SSSR count). The van der Waals surface area contributed by atoms with E-state index in [0.717, 1.165) is 43.0 Å². The summed E-state index contributed by atoms with van der Waals surface area (Å²) in [4.78, 5) is 36.7. The van der Waals surface area contributed by atoms with Crippen LogP contribution in [0, 0.1) is 0 Å². The number of nitrogens with zero attached hydrogens (tertiary/aromatic N) is 4. The van der Waals surface area contributed by atoms with Gasteiger partial charge in [-0.3, -0.25) is 14.5 Å². The summed E-state index contributed by atoms with van der Waals surface area (Å²) in [5, 5.41) is 6.82.